The number of aliphatic imine (C=N–C) groups is 2. The number of fused-ring (bicyclic) bond motifs is 4. The van der Waals surface area contributed by atoms with Crippen molar-refractivity contribution in [1.29, 1.82) is 0 Å². The topological polar surface area (TPSA) is 85.5 Å². The number of benzene rings is 4. The van der Waals surface area contributed by atoms with Gasteiger partial charge in [0.05, 0.1) is 55.3 Å². The highest BCUT2D eigenvalue weighted by Crippen LogP contribution is 2.49. The van der Waals surface area contributed by atoms with E-state index in [-0.39, 0.29) is 6.04 Å². The number of para-hydroxylation sites is 5. The van der Waals surface area contributed by atoms with E-state index >= 15 is 0 Å². The van der Waals surface area contributed by atoms with Gasteiger partial charge in [-0.05, 0) is 67.9 Å². The Morgan fingerprint density at radius 2 is 1.55 bits per heavy atom. The molecule has 5 aromatic rings. The number of hydrogen-bond acceptors (Lipinski definition) is 8. The van der Waals surface area contributed by atoms with Crippen molar-refractivity contribution < 1.29 is 14.2 Å². The summed E-state index contributed by atoms with van der Waals surface area (Å²) in [6.07, 6.45) is 0. The molecule has 220 valence electrons. The summed E-state index contributed by atoms with van der Waals surface area (Å²) in [7, 11) is 3.30. The van der Waals surface area contributed by atoms with E-state index in [2.05, 4.69) is 22.3 Å². The Hall–Kier alpha value is -5.57. The van der Waals surface area contributed by atoms with Crippen LogP contribution in [0.3, 0.4) is 0 Å². The van der Waals surface area contributed by atoms with Crippen molar-refractivity contribution in [2.24, 2.45) is 9.98 Å². The van der Waals surface area contributed by atoms with Crippen molar-refractivity contribution in [3.8, 4) is 22.9 Å². The van der Waals surface area contributed by atoms with Crippen molar-refractivity contribution in [1.82, 2.24) is 9.78 Å². The smallest absolute Gasteiger partial charge is 0.179 e. The molecule has 0 amide bonds. The first-order valence-electron chi connectivity index (χ1n) is 14.5. The zero-order valence-electron chi connectivity index (χ0n) is 25.0. The highest BCUT2D eigenvalue weighted by atomic mass is 16.5. The monoisotopic (exact) mass is 584 g/mol. The third-order valence-corrected chi connectivity index (χ3v) is 7.80. The molecule has 0 fully saturated rings. The van der Waals surface area contributed by atoms with Gasteiger partial charge in [-0.3, -0.25) is 0 Å². The minimum Gasteiger partial charge on any atom is -0.493 e. The van der Waals surface area contributed by atoms with E-state index in [0.717, 1.165) is 51.1 Å². The van der Waals surface area contributed by atoms with E-state index in [0.29, 0.717) is 29.8 Å². The lowest BCUT2D eigenvalue weighted by Crippen LogP contribution is -2.46. The summed E-state index contributed by atoms with van der Waals surface area (Å²) in [5.41, 5.74) is 6.36. The highest BCUT2D eigenvalue weighted by Gasteiger charge is 2.41. The summed E-state index contributed by atoms with van der Waals surface area (Å²) in [6.45, 7) is 4.55. The van der Waals surface area contributed by atoms with E-state index < -0.39 is 0 Å². The van der Waals surface area contributed by atoms with Crippen LogP contribution in [0.5, 0.6) is 17.2 Å². The third-order valence-electron chi connectivity index (χ3n) is 7.80. The first-order chi connectivity index (χ1) is 21.6. The fourth-order valence-corrected chi connectivity index (χ4v) is 5.86. The fraction of sp³-hybridized carbons (Fsp3) is 0.171. The first kappa shape index (κ1) is 27.3. The molecule has 1 atom stereocenters. The number of nitrogens with zero attached hydrogens (tertiary/aromatic N) is 5. The molecule has 0 saturated heterocycles. The predicted molar refractivity (Wildman–Crippen MR) is 174 cm³/mol. The minimum atomic E-state index is -0.301. The second-order valence-electron chi connectivity index (χ2n) is 10.4. The third kappa shape index (κ3) is 4.53. The Balaban J connectivity index is 1.49. The molecule has 0 spiro atoms. The molecular weight excluding hydrogens is 552 g/mol. The van der Waals surface area contributed by atoms with E-state index in [9.17, 15) is 0 Å². The van der Waals surface area contributed by atoms with Gasteiger partial charge in [0.1, 0.15) is 5.75 Å². The van der Waals surface area contributed by atoms with E-state index in [1.54, 1.807) is 14.2 Å². The van der Waals surface area contributed by atoms with E-state index in [4.69, 9.17) is 29.3 Å². The van der Waals surface area contributed by atoms with Crippen molar-refractivity contribution in [3.05, 3.63) is 114 Å². The maximum Gasteiger partial charge on any atom is 0.179 e. The minimum absolute atomic E-state index is 0.301. The van der Waals surface area contributed by atoms with Crippen molar-refractivity contribution >= 4 is 34.6 Å². The number of hydrogen-bond donors (Lipinski definition) is 1. The number of rotatable bonds is 7. The second kappa shape index (κ2) is 11.3. The van der Waals surface area contributed by atoms with Crippen LogP contribution < -0.4 is 24.4 Å². The summed E-state index contributed by atoms with van der Waals surface area (Å²) < 4.78 is 19.2. The summed E-state index contributed by atoms with van der Waals surface area (Å²) in [5, 5.41) is 8.58. The normalized spacial score (nSPS) is 14.9. The summed E-state index contributed by atoms with van der Waals surface area (Å²) in [6, 6.07) is 31.8. The van der Waals surface area contributed by atoms with Crippen LogP contribution in [0.15, 0.2) is 107 Å². The molecule has 7 rings (SSSR count). The van der Waals surface area contributed by atoms with Crippen LogP contribution in [0.1, 0.15) is 29.8 Å². The molecule has 2 aliphatic rings. The molecule has 9 heteroatoms. The van der Waals surface area contributed by atoms with Crippen LogP contribution in [0.25, 0.3) is 5.69 Å². The first-order valence-corrected chi connectivity index (χ1v) is 14.5. The number of aromatic nitrogens is 2. The van der Waals surface area contributed by atoms with Gasteiger partial charge in [-0.15, -0.1) is 0 Å². The van der Waals surface area contributed by atoms with E-state index in [1.807, 2.05) is 103 Å². The Labute approximate surface area is 256 Å². The SMILES string of the molecule is CCOc1ccccc1NC1=Nc2ccccc2N2C1=Nc1c(c(C)nn1-c1ccccc1)C2c1ccc(OC)c(OC)c1. The van der Waals surface area contributed by atoms with Crippen molar-refractivity contribution in [2.75, 3.05) is 31.0 Å². The fourth-order valence-electron chi connectivity index (χ4n) is 5.86. The summed E-state index contributed by atoms with van der Waals surface area (Å²) >= 11 is 0. The number of amidine groups is 2. The Morgan fingerprint density at radius 3 is 2.34 bits per heavy atom. The summed E-state index contributed by atoms with van der Waals surface area (Å²) in [4.78, 5) is 12.7. The van der Waals surface area contributed by atoms with Gasteiger partial charge in [0.2, 0.25) is 0 Å². The average Bonchev–Trinajstić information content (AvgIpc) is 3.40. The lowest BCUT2D eigenvalue weighted by Gasteiger charge is -2.40. The molecule has 0 aliphatic carbocycles. The van der Waals surface area contributed by atoms with Gasteiger partial charge in [-0.25, -0.2) is 14.7 Å². The van der Waals surface area contributed by atoms with Crippen molar-refractivity contribution in [2.45, 2.75) is 19.9 Å². The Morgan fingerprint density at radius 1 is 0.795 bits per heavy atom. The summed E-state index contributed by atoms with van der Waals surface area (Å²) in [5.74, 6) is 4.05. The molecule has 0 radical (unpaired) electrons. The van der Waals surface area contributed by atoms with Crippen LogP contribution in [-0.4, -0.2) is 42.3 Å². The standard InChI is InChI=1S/C35H32N6O3/c1-5-44-28-18-12-10-16-26(28)37-33-35-38-34-31(22(2)39-41(34)24-13-7-6-8-14-24)32(23-19-20-29(42-3)30(21-23)43-4)40(35)27-17-11-9-15-25(27)36-33/h6-21,32H,5H2,1-4H3,(H,36,37). The van der Waals surface area contributed by atoms with Crippen LogP contribution in [0.4, 0.5) is 22.9 Å². The number of ether oxygens (including phenoxy) is 3. The molecule has 4 aromatic carbocycles. The van der Waals surface area contributed by atoms with Gasteiger partial charge in [-0.2, -0.15) is 5.10 Å². The van der Waals surface area contributed by atoms with Gasteiger partial charge < -0.3 is 24.4 Å². The highest BCUT2D eigenvalue weighted by molar-refractivity contribution is 6.51. The second-order valence-corrected chi connectivity index (χ2v) is 10.4. The Bertz CT molecular complexity index is 1910. The maximum atomic E-state index is 5.95. The molecular formula is C35H32N6O3. The molecule has 3 heterocycles. The quantitative estimate of drug-likeness (QED) is 0.215. The molecule has 1 N–H and O–H groups in total. The van der Waals surface area contributed by atoms with E-state index in [1.165, 1.54) is 0 Å². The molecule has 44 heavy (non-hydrogen) atoms. The molecule has 9 nitrogen and oxygen atoms in total. The number of aryl methyl sites for hydroxylation is 1. The van der Waals surface area contributed by atoms with Gasteiger partial charge in [0, 0.05) is 5.56 Å². The predicted octanol–water partition coefficient (Wildman–Crippen LogP) is 7.39. The Kier molecular flexibility index (Phi) is 6.98. The van der Waals surface area contributed by atoms with Gasteiger partial charge in [0.25, 0.3) is 0 Å². The molecule has 2 aliphatic heterocycles. The van der Waals surface area contributed by atoms with Crippen LogP contribution >= 0.6 is 0 Å². The number of methoxy groups -OCH3 is 2. The van der Waals surface area contributed by atoms with Crippen molar-refractivity contribution in [3.63, 3.8) is 0 Å². The lowest BCUT2D eigenvalue weighted by molar-refractivity contribution is 0.342. The molecule has 1 unspecified atom stereocenters. The van der Waals surface area contributed by atoms with Crippen LogP contribution in [0, 0.1) is 6.92 Å². The molecule has 0 bridgehead atoms. The van der Waals surface area contributed by atoms with Gasteiger partial charge in [-0.1, -0.05) is 48.5 Å². The van der Waals surface area contributed by atoms with Gasteiger partial charge >= 0.3 is 0 Å². The zero-order chi connectivity index (χ0) is 30.2. The average molecular weight is 585 g/mol. The van der Waals surface area contributed by atoms with Gasteiger partial charge in [0.15, 0.2) is 29.0 Å². The maximum absolute atomic E-state index is 5.95. The largest absolute Gasteiger partial charge is 0.493 e. The molecule has 1 aromatic heterocycles. The van der Waals surface area contributed by atoms with Crippen LogP contribution in [0.2, 0.25) is 0 Å². The number of nitrogens with one attached hydrogen (secondary N) is 1. The van der Waals surface area contributed by atoms with Crippen LogP contribution in [-0.2, 0) is 0 Å². The zero-order valence-corrected chi connectivity index (χ0v) is 25.0. The lowest BCUT2D eigenvalue weighted by atomic mass is 9.93. The molecule has 0 saturated carbocycles. The number of anilines is 2.